The second kappa shape index (κ2) is 7.05. The van der Waals surface area contributed by atoms with Crippen molar-refractivity contribution >= 4 is 23.1 Å². The van der Waals surface area contributed by atoms with Gasteiger partial charge in [0.05, 0.1) is 17.9 Å². The van der Waals surface area contributed by atoms with Gasteiger partial charge in [0.1, 0.15) is 6.54 Å². The number of benzene rings is 1. The number of para-hydroxylation sites is 1. The van der Waals surface area contributed by atoms with Crippen LogP contribution in [0.1, 0.15) is 11.3 Å². The van der Waals surface area contributed by atoms with Crippen LogP contribution in [0.5, 0.6) is 0 Å². The molecule has 0 aliphatic carbocycles. The fourth-order valence-corrected chi connectivity index (χ4v) is 4.01. The maximum atomic E-state index is 13.4. The highest BCUT2D eigenvalue weighted by atomic mass is 16.5. The van der Waals surface area contributed by atoms with Crippen molar-refractivity contribution in [2.75, 3.05) is 44.7 Å². The Morgan fingerprint density at radius 2 is 1.89 bits per heavy atom. The minimum atomic E-state index is -0.0148. The minimum Gasteiger partial charge on any atom is -0.627 e. The third kappa shape index (κ3) is 3.25. The molecule has 0 bridgehead atoms. The monoisotopic (exact) mass is 370 g/mol. The Morgan fingerprint density at radius 3 is 2.63 bits per heavy atom. The molecule has 8 nitrogen and oxygen atoms in total. The molecule has 0 saturated carbocycles. The Kier molecular flexibility index (Phi) is 4.73. The van der Waals surface area contributed by atoms with Gasteiger partial charge in [0.2, 0.25) is 11.7 Å². The zero-order valence-corrected chi connectivity index (χ0v) is 16.1. The molecule has 1 atom stereocenters. The summed E-state index contributed by atoms with van der Waals surface area (Å²) < 4.78 is 1.61. The second-order valence-corrected chi connectivity index (χ2v) is 7.44. The number of anilines is 2. The molecule has 2 aliphatic rings. The molecule has 0 spiro atoms. The van der Waals surface area contributed by atoms with E-state index in [1.54, 1.807) is 16.6 Å². The van der Waals surface area contributed by atoms with E-state index in [4.69, 9.17) is 0 Å². The van der Waals surface area contributed by atoms with E-state index in [0.717, 1.165) is 37.4 Å². The van der Waals surface area contributed by atoms with Crippen molar-refractivity contribution in [3.63, 3.8) is 0 Å². The van der Waals surface area contributed by atoms with Crippen molar-refractivity contribution < 1.29 is 9.86 Å². The van der Waals surface area contributed by atoms with E-state index in [0.29, 0.717) is 23.7 Å². The van der Waals surface area contributed by atoms with E-state index < -0.39 is 0 Å². The number of hydrogen-bond acceptors (Lipinski definition) is 5. The fourth-order valence-electron chi connectivity index (χ4n) is 4.01. The summed E-state index contributed by atoms with van der Waals surface area (Å²) in [4.78, 5) is 19.6. The van der Waals surface area contributed by atoms with Crippen LogP contribution in [0.3, 0.4) is 0 Å². The van der Waals surface area contributed by atoms with Gasteiger partial charge < -0.3 is 15.2 Å². The molecule has 1 aromatic heterocycles. The quantitative estimate of drug-likeness (QED) is 0.763. The number of carbonyl (C=O) groups is 1. The van der Waals surface area contributed by atoms with Gasteiger partial charge in [-0.3, -0.25) is 14.6 Å². The zero-order valence-electron chi connectivity index (χ0n) is 16.1. The molecule has 3 heterocycles. The summed E-state index contributed by atoms with van der Waals surface area (Å²) in [6.45, 7) is 6.13. The first kappa shape index (κ1) is 18.1. The van der Waals surface area contributed by atoms with Crippen molar-refractivity contribution in [3.8, 4) is 0 Å². The Bertz CT molecular complexity index is 856. The number of piperazine rings is 1. The van der Waals surface area contributed by atoms with Gasteiger partial charge in [-0.15, -0.1) is 0 Å². The first-order valence-corrected chi connectivity index (χ1v) is 9.34. The average molecular weight is 370 g/mol. The number of amides is 1. The average Bonchev–Trinajstić information content (AvgIpc) is 2.84. The van der Waals surface area contributed by atoms with Crippen molar-refractivity contribution in [3.05, 3.63) is 40.7 Å². The highest BCUT2D eigenvalue weighted by molar-refractivity contribution is 6.04. The SMILES string of the molecule is Cc1nn(C)c2c1N(C(=O)CN1CCN(C)CC1)c1ccccc1C[NH+]2[O-]. The van der Waals surface area contributed by atoms with Crippen LogP contribution in [0.4, 0.5) is 17.2 Å². The minimum absolute atomic E-state index is 0.00422. The predicted octanol–water partition coefficient (Wildman–Crippen LogP) is 0.168. The fraction of sp³-hybridized carbons (Fsp3) is 0.474. The molecule has 1 fully saturated rings. The van der Waals surface area contributed by atoms with Crippen LogP contribution >= 0.6 is 0 Å². The first-order valence-electron chi connectivity index (χ1n) is 9.34. The van der Waals surface area contributed by atoms with Gasteiger partial charge in [-0.2, -0.15) is 5.10 Å². The van der Waals surface area contributed by atoms with Gasteiger partial charge in [-0.05, 0) is 20.0 Å². The third-order valence-corrected chi connectivity index (χ3v) is 5.47. The number of rotatable bonds is 2. The molecule has 27 heavy (non-hydrogen) atoms. The summed E-state index contributed by atoms with van der Waals surface area (Å²) in [5.74, 6) is 0.495. The van der Waals surface area contributed by atoms with Crippen LogP contribution in [0.25, 0.3) is 0 Å². The number of carbonyl (C=O) groups excluding carboxylic acids is 1. The van der Waals surface area contributed by atoms with Crippen LogP contribution < -0.4 is 9.96 Å². The third-order valence-electron chi connectivity index (χ3n) is 5.47. The molecular weight excluding hydrogens is 344 g/mol. The highest BCUT2D eigenvalue weighted by Crippen LogP contribution is 2.37. The van der Waals surface area contributed by atoms with E-state index >= 15 is 0 Å². The molecule has 1 aromatic carbocycles. The lowest BCUT2D eigenvalue weighted by Crippen LogP contribution is -3.01. The van der Waals surface area contributed by atoms with E-state index in [1.807, 2.05) is 31.2 Å². The van der Waals surface area contributed by atoms with Crippen LogP contribution in [-0.2, 0) is 18.4 Å². The topological polar surface area (TPSA) is 72.1 Å². The normalized spacial score (nSPS) is 20.9. The Labute approximate surface area is 159 Å². The smallest absolute Gasteiger partial charge is 0.249 e. The number of quaternary nitrogens is 1. The summed E-state index contributed by atoms with van der Waals surface area (Å²) in [6.07, 6.45) is 0. The van der Waals surface area contributed by atoms with Crippen LogP contribution in [-0.4, -0.2) is 65.3 Å². The number of aromatic nitrogens is 2. The predicted molar refractivity (Wildman–Crippen MR) is 103 cm³/mol. The molecule has 2 aliphatic heterocycles. The molecule has 0 radical (unpaired) electrons. The number of nitrogens with zero attached hydrogens (tertiary/aromatic N) is 5. The van der Waals surface area contributed by atoms with E-state index in [2.05, 4.69) is 21.9 Å². The van der Waals surface area contributed by atoms with Gasteiger partial charge in [-0.1, -0.05) is 18.2 Å². The van der Waals surface area contributed by atoms with Gasteiger partial charge in [-0.25, -0.2) is 4.68 Å². The number of likely N-dealkylation sites (N-methyl/N-ethyl adjacent to an activating group) is 1. The largest absolute Gasteiger partial charge is 0.627 e. The molecule has 2 aromatic rings. The highest BCUT2D eigenvalue weighted by Gasteiger charge is 2.35. The molecule has 4 rings (SSSR count). The summed E-state index contributed by atoms with van der Waals surface area (Å²) in [7, 11) is 3.87. The van der Waals surface area contributed by atoms with E-state index in [9.17, 15) is 10.0 Å². The lowest BCUT2D eigenvalue weighted by Gasteiger charge is -2.33. The van der Waals surface area contributed by atoms with Gasteiger partial charge in [0, 0.05) is 38.8 Å². The number of aryl methyl sites for hydroxylation is 2. The Hall–Kier alpha value is -2.26. The van der Waals surface area contributed by atoms with Crippen molar-refractivity contribution in [2.45, 2.75) is 13.5 Å². The standard InChI is InChI=1S/C19H26N6O2/c1-14-18-19(22(3)20-14)24(27)12-15-6-4-5-7-16(15)25(18)17(26)13-23-10-8-21(2)9-11-23/h4-7,24H,8-13H2,1-3H3. The first-order chi connectivity index (χ1) is 13.0. The molecule has 1 unspecified atom stereocenters. The Morgan fingerprint density at radius 1 is 1.19 bits per heavy atom. The number of nitrogens with one attached hydrogen (secondary N) is 1. The summed E-state index contributed by atoms with van der Waals surface area (Å²) in [5.41, 5.74) is 3.00. The zero-order chi connectivity index (χ0) is 19.1. The number of hydrogen-bond donors (Lipinski definition) is 1. The lowest BCUT2D eigenvalue weighted by molar-refractivity contribution is -0.794. The van der Waals surface area contributed by atoms with Crippen molar-refractivity contribution in [1.82, 2.24) is 19.6 Å². The molecule has 1 N–H and O–H groups in total. The molecular formula is C19H26N6O2. The summed E-state index contributed by atoms with van der Waals surface area (Å²) in [6, 6.07) is 7.68. The molecule has 8 heteroatoms. The van der Waals surface area contributed by atoms with Crippen LogP contribution in [0.15, 0.2) is 24.3 Å². The van der Waals surface area contributed by atoms with Crippen molar-refractivity contribution in [2.24, 2.45) is 7.05 Å². The van der Waals surface area contributed by atoms with Crippen molar-refractivity contribution in [1.29, 1.82) is 0 Å². The maximum Gasteiger partial charge on any atom is 0.249 e. The number of fused-ring (bicyclic) bond motifs is 2. The van der Waals surface area contributed by atoms with Gasteiger partial charge in [0.25, 0.3) is 0 Å². The summed E-state index contributed by atoms with van der Waals surface area (Å²) >= 11 is 0. The van der Waals surface area contributed by atoms with Gasteiger partial charge in [0.15, 0.2) is 5.69 Å². The molecule has 144 valence electrons. The second-order valence-electron chi connectivity index (χ2n) is 7.44. The van der Waals surface area contributed by atoms with E-state index in [1.165, 1.54) is 0 Å². The maximum absolute atomic E-state index is 13.4. The van der Waals surface area contributed by atoms with Crippen LogP contribution in [0, 0.1) is 12.1 Å². The lowest BCUT2D eigenvalue weighted by atomic mass is 10.1. The Balaban J connectivity index is 1.74. The van der Waals surface area contributed by atoms with Crippen LogP contribution in [0.2, 0.25) is 0 Å². The van der Waals surface area contributed by atoms with Gasteiger partial charge >= 0.3 is 0 Å². The number of hydroxylamine groups is 1. The van der Waals surface area contributed by atoms with E-state index in [-0.39, 0.29) is 17.5 Å². The molecule has 1 amide bonds. The molecule has 1 saturated heterocycles. The summed E-state index contributed by atoms with van der Waals surface area (Å²) in [5, 5.41) is 17.3.